The van der Waals surface area contributed by atoms with Gasteiger partial charge in [-0.1, -0.05) is 18.2 Å². The van der Waals surface area contributed by atoms with Crippen molar-refractivity contribution in [1.82, 2.24) is 20.2 Å². The minimum absolute atomic E-state index is 0.0213. The van der Waals surface area contributed by atoms with E-state index < -0.39 is 5.97 Å². The quantitative estimate of drug-likeness (QED) is 0.793. The lowest BCUT2D eigenvalue weighted by Gasteiger charge is -1.99. The van der Waals surface area contributed by atoms with Crippen molar-refractivity contribution in [3.63, 3.8) is 0 Å². The molecule has 6 nitrogen and oxygen atoms in total. The van der Waals surface area contributed by atoms with Crippen LogP contribution in [0.2, 0.25) is 0 Å². The number of tetrazole rings is 1. The highest BCUT2D eigenvalue weighted by Crippen LogP contribution is 2.17. The average molecular weight is 286 g/mol. The Hall–Kier alpha value is -2.54. The molecular weight excluding hydrogens is 276 g/mol. The van der Waals surface area contributed by atoms with E-state index in [9.17, 15) is 4.79 Å². The molecule has 0 aliphatic rings. The third kappa shape index (κ3) is 2.57. The molecule has 0 fully saturated rings. The molecular formula is C13H10N4O2S. The zero-order valence-corrected chi connectivity index (χ0v) is 11.1. The monoisotopic (exact) mass is 286 g/mol. The standard InChI is InChI=1S/C13H10N4O2S/c18-12(19)7-9-2-1-3-10(6-9)13-14-16-17(15-13)11-4-5-20-8-11/h1-6,8H,7H2,(H,18,19). The number of aromatic nitrogens is 4. The van der Waals surface area contributed by atoms with Crippen LogP contribution in [0.1, 0.15) is 5.56 Å². The molecule has 3 rings (SSSR count). The van der Waals surface area contributed by atoms with Crippen LogP contribution in [0.5, 0.6) is 0 Å². The Morgan fingerprint density at radius 1 is 1.35 bits per heavy atom. The van der Waals surface area contributed by atoms with Crippen molar-refractivity contribution in [1.29, 1.82) is 0 Å². The van der Waals surface area contributed by atoms with Crippen LogP contribution in [0.4, 0.5) is 0 Å². The molecule has 0 spiro atoms. The van der Waals surface area contributed by atoms with E-state index in [1.54, 1.807) is 29.5 Å². The average Bonchev–Trinajstić information content (AvgIpc) is 3.09. The topological polar surface area (TPSA) is 80.9 Å². The molecule has 3 aromatic rings. The number of hydrogen-bond acceptors (Lipinski definition) is 5. The van der Waals surface area contributed by atoms with Gasteiger partial charge in [-0.2, -0.15) is 11.3 Å². The zero-order chi connectivity index (χ0) is 13.9. The van der Waals surface area contributed by atoms with Gasteiger partial charge in [0, 0.05) is 10.9 Å². The Bertz CT molecular complexity index is 736. The van der Waals surface area contributed by atoms with Crippen LogP contribution < -0.4 is 0 Å². The number of aliphatic carboxylic acids is 1. The number of hydrogen-bond donors (Lipinski definition) is 1. The van der Waals surface area contributed by atoms with Crippen molar-refractivity contribution in [2.75, 3.05) is 0 Å². The normalized spacial score (nSPS) is 10.6. The molecule has 0 aliphatic carbocycles. The fraction of sp³-hybridized carbons (Fsp3) is 0.0769. The lowest BCUT2D eigenvalue weighted by Crippen LogP contribution is -2.00. The van der Waals surface area contributed by atoms with Crippen molar-refractivity contribution in [3.05, 3.63) is 46.7 Å². The Labute approximate surface area is 118 Å². The molecule has 1 N–H and O–H groups in total. The largest absolute Gasteiger partial charge is 0.481 e. The van der Waals surface area contributed by atoms with Gasteiger partial charge in [0.15, 0.2) is 0 Å². The molecule has 7 heteroatoms. The Balaban J connectivity index is 1.91. The maximum Gasteiger partial charge on any atom is 0.307 e. The van der Waals surface area contributed by atoms with E-state index in [4.69, 9.17) is 5.11 Å². The summed E-state index contributed by atoms with van der Waals surface area (Å²) in [5.74, 6) is -0.388. The second-order valence-electron chi connectivity index (χ2n) is 4.15. The molecule has 1 aromatic carbocycles. The van der Waals surface area contributed by atoms with Crippen LogP contribution in [-0.2, 0) is 11.2 Å². The van der Waals surface area contributed by atoms with E-state index in [1.807, 2.05) is 22.9 Å². The van der Waals surface area contributed by atoms with Crippen molar-refractivity contribution in [2.24, 2.45) is 0 Å². The molecule has 0 bridgehead atoms. The van der Waals surface area contributed by atoms with Crippen molar-refractivity contribution in [3.8, 4) is 17.1 Å². The summed E-state index contributed by atoms with van der Waals surface area (Å²) >= 11 is 1.55. The van der Waals surface area contributed by atoms with Crippen LogP contribution in [0.3, 0.4) is 0 Å². The molecule has 0 amide bonds. The Kier molecular flexibility index (Phi) is 3.26. The summed E-state index contributed by atoms with van der Waals surface area (Å²) in [7, 11) is 0. The van der Waals surface area contributed by atoms with Crippen molar-refractivity contribution in [2.45, 2.75) is 6.42 Å². The molecule has 0 saturated heterocycles. The number of carboxylic acid groups (broad SMARTS) is 1. The van der Waals surface area contributed by atoms with Gasteiger partial charge in [0.25, 0.3) is 0 Å². The van der Waals surface area contributed by atoms with E-state index in [1.165, 1.54) is 4.80 Å². The molecule has 100 valence electrons. The number of carbonyl (C=O) groups is 1. The first-order valence-corrected chi connectivity index (χ1v) is 6.80. The van der Waals surface area contributed by atoms with Gasteiger partial charge in [-0.25, -0.2) is 0 Å². The summed E-state index contributed by atoms with van der Waals surface area (Å²) in [5.41, 5.74) is 2.32. The Morgan fingerprint density at radius 3 is 3.00 bits per heavy atom. The molecule has 2 heterocycles. The number of nitrogens with zero attached hydrogens (tertiary/aromatic N) is 4. The number of rotatable bonds is 4. The zero-order valence-electron chi connectivity index (χ0n) is 10.3. The van der Waals surface area contributed by atoms with Crippen LogP contribution >= 0.6 is 11.3 Å². The van der Waals surface area contributed by atoms with E-state index in [0.29, 0.717) is 11.4 Å². The molecule has 0 aliphatic heterocycles. The van der Waals surface area contributed by atoms with Gasteiger partial charge < -0.3 is 5.11 Å². The number of benzene rings is 1. The maximum atomic E-state index is 10.7. The van der Waals surface area contributed by atoms with Gasteiger partial charge in [-0.3, -0.25) is 4.79 Å². The predicted octanol–water partition coefficient (Wildman–Crippen LogP) is 2.02. The summed E-state index contributed by atoms with van der Waals surface area (Å²) in [6, 6.07) is 9.06. The van der Waals surface area contributed by atoms with Gasteiger partial charge in [0.2, 0.25) is 5.82 Å². The van der Waals surface area contributed by atoms with Crippen LogP contribution in [0.25, 0.3) is 17.1 Å². The highest BCUT2D eigenvalue weighted by molar-refractivity contribution is 7.08. The molecule has 0 unspecified atom stereocenters. The van der Waals surface area contributed by atoms with E-state index in [-0.39, 0.29) is 6.42 Å². The van der Waals surface area contributed by atoms with Crippen LogP contribution in [0.15, 0.2) is 41.1 Å². The lowest BCUT2D eigenvalue weighted by molar-refractivity contribution is -0.136. The first-order chi connectivity index (χ1) is 9.72. The fourth-order valence-electron chi connectivity index (χ4n) is 1.81. The Morgan fingerprint density at radius 2 is 2.25 bits per heavy atom. The summed E-state index contributed by atoms with van der Waals surface area (Å²) in [6.45, 7) is 0. The van der Waals surface area contributed by atoms with Crippen LogP contribution in [0, 0.1) is 0 Å². The van der Waals surface area contributed by atoms with Crippen molar-refractivity contribution < 1.29 is 9.90 Å². The summed E-state index contributed by atoms with van der Waals surface area (Å²) < 4.78 is 0. The van der Waals surface area contributed by atoms with E-state index >= 15 is 0 Å². The van der Waals surface area contributed by atoms with Crippen LogP contribution in [-0.4, -0.2) is 31.3 Å². The van der Waals surface area contributed by atoms with Gasteiger partial charge in [-0.05, 0) is 28.3 Å². The SMILES string of the molecule is O=C(O)Cc1cccc(-c2nnn(-c3ccsc3)n2)c1. The summed E-state index contributed by atoms with van der Waals surface area (Å²) in [6.07, 6.45) is -0.0213. The lowest BCUT2D eigenvalue weighted by atomic mass is 10.1. The predicted molar refractivity (Wildman–Crippen MR) is 73.8 cm³/mol. The first kappa shape index (κ1) is 12.5. The third-order valence-electron chi connectivity index (χ3n) is 2.69. The molecule has 2 aromatic heterocycles. The molecule has 0 saturated carbocycles. The third-order valence-corrected chi connectivity index (χ3v) is 3.36. The first-order valence-electron chi connectivity index (χ1n) is 5.86. The highest BCUT2D eigenvalue weighted by Gasteiger charge is 2.09. The molecule has 20 heavy (non-hydrogen) atoms. The van der Waals surface area contributed by atoms with E-state index in [0.717, 1.165) is 11.3 Å². The van der Waals surface area contributed by atoms with E-state index in [2.05, 4.69) is 15.4 Å². The highest BCUT2D eigenvalue weighted by atomic mass is 32.1. The molecule has 0 radical (unpaired) electrons. The summed E-state index contributed by atoms with van der Waals surface area (Å²) in [5, 5.41) is 25.0. The second-order valence-corrected chi connectivity index (χ2v) is 4.93. The van der Waals surface area contributed by atoms with Crippen molar-refractivity contribution >= 4 is 17.3 Å². The van der Waals surface area contributed by atoms with Gasteiger partial charge in [-0.15, -0.1) is 15.0 Å². The number of carboxylic acids is 1. The van der Waals surface area contributed by atoms with Gasteiger partial charge in [0.1, 0.15) is 0 Å². The molecule has 0 atom stereocenters. The summed E-state index contributed by atoms with van der Waals surface area (Å²) in [4.78, 5) is 12.2. The minimum Gasteiger partial charge on any atom is -0.481 e. The smallest absolute Gasteiger partial charge is 0.307 e. The minimum atomic E-state index is -0.864. The van der Waals surface area contributed by atoms with Gasteiger partial charge in [0.05, 0.1) is 12.1 Å². The maximum absolute atomic E-state index is 10.7. The second kappa shape index (κ2) is 5.22. The van der Waals surface area contributed by atoms with Gasteiger partial charge >= 0.3 is 5.97 Å². The number of thiophene rings is 1. The fourth-order valence-corrected chi connectivity index (χ4v) is 2.41.